The number of hydrogen-bond acceptors (Lipinski definition) is 6. The van der Waals surface area contributed by atoms with Crippen LogP contribution in [0, 0.1) is 0 Å². The number of benzene rings is 3. The van der Waals surface area contributed by atoms with Gasteiger partial charge in [0.05, 0.1) is 38.2 Å². The molecule has 1 aliphatic rings. The van der Waals surface area contributed by atoms with E-state index in [2.05, 4.69) is 16.7 Å². The smallest absolute Gasteiger partial charge is 0.355 e. The summed E-state index contributed by atoms with van der Waals surface area (Å²) in [5.41, 5.74) is 7.01. The van der Waals surface area contributed by atoms with Crippen LogP contribution in [0.1, 0.15) is 57.6 Å². The summed E-state index contributed by atoms with van der Waals surface area (Å²) in [5.74, 6) is 2.43. The van der Waals surface area contributed by atoms with Crippen LogP contribution in [0.2, 0.25) is 0 Å². The molecule has 1 aliphatic heterocycles. The standard InChI is InChI=1S/C36H41NO6/c1-21(2)41-27-13-9-11-25(17-27)32-33(26-12-10-14-28(18-26)42-22(3)4)35(36(38)40-8)37-16-15-24-19-31(43-23(5)6)30(39-7)20-29(24)34(32)37/h9-14,17-23H,15-16H2,1-8H3. The molecule has 0 atom stereocenters. The van der Waals surface area contributed by atoms with Crippen molar-refractivity contribution in [2.24, 2.45) is 0 Å². The Hall–Kier alpha value is -4.39. The quantitative estimate of drug-likeness (QED) is 0.175. The highest BCUT2D eigenvalue weighted by molar-refractivity contribution is 6.07. The van der Waals surface area contributed by atoms with Gasteiger partial charge in [-0.2, -0.15) is 0 Å². The fraction of sp³-hybridized carbons (Fsp3) is 0.361. The van der Waals surface area contributed by atoms with Crippen molar-refractivity contribution < 1.29 is 28.5 Å². The number of rotatable bonds is 10. The molecular formula is C36H41NO6. The average Bonchev–Trinajstić information content (AvgIpc) is 3.31. The minimum atomic E-state index is -0.401. The van der Waals surface area contributed by atoms with Gasteiger partial charge in [0.1, 0.15) is 17.2 Å². The zero-order valence-corrected chi connectivity index (χ0v) is 26.3. The van der Waals surface area contributed by atoms with Gasteiger partial charge < -0.3 is 28.3 Å². The van der Waals surface area contributed by atoms with Gasteiger partial charge in [0.15, 0.2) is 11.5 Å². The summed E-state index contributed by atoms with van der Waals surface area (Å²) in [4.78, 5) is 13.7. The molecule has 2 heterocycles. The van der Waals surface area contributed by atoms with Crippen molar-refractivity contribution in [3.63, 3.8) is 0 Å². The van der Waals surface area contributed by atoms with E-state index in [-0.39, 0.29) is 18.3 Å². The molecule has 0 radical (unpaired) electrons. The van der Waals surface area contributed by atoms with Crippen LogP contribution in [-0.2, 0) is 17.7 Å². The predicted octanol–water partition coefficient (Wildman–Crippen LogP) is 8.20. The molecular weight excluding hydrogens is 542 g/mol. The molecule has 7 nitrogen and oxygen atoms in total. The maximum absolute atomic E-state index is 13.7. The summed E-state index contributed by atoms with van der Waals surface area (Å²) in [6.07, 6.45) is 0.725. The number of hydrogen-bond donors (Lipinski definition) is 0. The first-order chi connectivity index (χ1) is 20.6. The molecule has 3 aromatic carbocycles. The van der Waals surface area contributed by atoms with E-state index in [0.29, 0.717) is 30.2 Å². The zero-order valence-electron chi connectivity index (χ0n) is 26.3. The molecule has 7 heteroatoms. The summed E-state index contributed by atoms with van der Waals surface area (Å²) in [5, 5.41) is 0. The fourth-order valence-corrected chi connectivity index (χ4v) is 5.75. The van der Waals surface area contributed by atoms with Crippen molar-refractivity contribution >= 4 is 5.97 Å². The number of esters is 1. The highest BCUT2D eigenvalue weighted by Gasteiger charge is 2.34. The third-order valence-corrected chi connectivity index (χ3v) is 7.24. The summed E-state index contributed by atoms with van der Waals surface area (Å²) < 4.78 is 31.6. The Morgan fingerprint density at radius 2 is 1.30 bits per heavy atom. The molecule has 0 aliphatic carbocycles. The van der Waals surface area contributed by atoms with E-state index < -0.39 is 5.97 Å². The Kier molecular flexibility index (Phi) is 8.71. The van der Waals surface area contributed by atoms with Gasteiger partial charge in [-0.05, 0) is 101 Å². The molecule has 0 unspecified atom stereocenters. The second kappa shape index (κ2) is 12.5. The van der Waals surface area contributed by atoms with Crippen LogP contribution in [0.5, 0.6) is 23.0 Å². The lowest BCUT2D eigenvalue weighted by atomic mass is 9.90. The number of methoxy groups -OCH3 is 2. The maximum atomic E-state index is 13.7. The van der Waals surface area contributed by atoms with E-state index >= 15 is 0 Å². The number of carbonyl (C=O) groups is 1. The number of carbonyl (C=O) groups excluding carboxylic acids is 1. The minimum absolute atomic E-state index is 0.00322. The Balaban J connectivity index is 1.87. The second-order valence-electron chi connectivity index (χ2n) is 11.6. The van der Waals surface area contributed by atoms with Crippen LogP contribution in [0.15, 0.2) is 60.7 Å². The first-order valence-corrected chi connectivity index (χ1v) is 14.9. The van der Waals surface area contributed by atoms with Crippen LogP contribution in [0.25, 0.3) is 33.5 Å². The molecule has 4 aromatic rings. The van der Waals surface area contributed by atoms with Crippen molar-refractivity contribution in [3.8, 4) is 56.5 Å². The summed E-state index contributed by atoms with van der Waals surface area (Å²) >= 11 is 0. The first kappa shape index (κ1) is 30.1. The topological polar surface area (TPSA) is 68.2 Å². The number of aromatic nitrogens is 1. The van der Waals surface area contributed by atoms with Crippen LogP contribution in [0.3, 0.4) is 0 Å². The molecule has 226 valence electrons. The summed E-state index contributed by atoms with van der Waals surface area (Å²) in [6.45, 7) is 12.6. The Bertz CT molecular complexity index is 1630. The van der Waals surface area contributed by atoms with Crippen molar-refractivity contribution in [2.75, 3.05) is 14.2 Å². The van der Waals surface area contributed by atoms with Crippen molar-refractivity contribution in [2.45, 2.75) is 72.8 Å². The normalized spacial score (nSPS) is 12.3. The molecule has 1 aromatic heterocycles. The first-order valence-electron chi connectivity index (χ1n) is 14.9. The van der Waals surface area contributed by atoms with Gasteiger partial charge in [-0.3, -0.25) is 0 Å². The van der Waals surface area contributed by atoms with E-state index in [1.54, 1.807) is 7.11 Å². The van der Waals surface area contributed by atoms with E-state index in [1.165, 1.54) is 7.11 Å². The highest BCUT2D eigenvalue weighted by atomic mass is 16.5. The van der Waals surface area contributed by atoms with Gasteiger partial charge >= 0.3 is 5.97 Å². The van der Waals surface area contributed by atoms with Crippen LogP contribution in [-0.4, -0.2) is 43.1 Å². The fourth-order valence-electron chi connectivity index (χ4n) is 5.75. The molecule has 0 saturated carbocycles. The molecule has 5 rings (SSSR count). The number of ether oxygens (including phenoxy) is 5. The molecule has 0 spiro atoms. The van der Waals surface area contributed by atoms with Gasteiger partial charge in [-0.1, -0.05) is 24.3 Å². The predicted molar refractivity (Wildman–Crippen MR) is 170 cm³/mol. The van der Waals surface area contributed by atoms with Gasteiger partial charge in [-0.15, -0.1) is 0 Å². The molecule has 43 heavy (non-hydrogen) atoms. The third-order valence-electron chi connectivity index (χ3n) is 7.24. The number of aryl methyl sites for hydroxylation is 1. The molecule has 0 bridgehead atoms. The van der Waals surface area contributed by atoms with Crippen LogP contribution < -0.4 is 18.9 Å². The Labute approximate surface area is 254 Å². The van der Waals surface area contributed by atoms with E-state index in [1.807, 2.05) is 90.1 Å². The lowest BCUT2D eigenvalue weighted by molar-refractivity contribution is 0.0589. The lowest BCUT2D eigenvalue weighted by Crippen LogP contribution is -2.18. The van der Waals surface area contributed by atoms with Gasteiger partial charge in [0.2, 0.25) is 0 Å². The van der Waals surface area contributed by atoms with Crippen molar-refractivity contribution in [1.82, 2.24) is 4.57 Å². The minimum Gasteiger partial charge on any atom is -0.493 e. The van der Waals surface area contributed by atoms with Gasteiger partial charge in [0.25, 0.3) is 0 Å². The lowest BCUT2D eigenvalue weighted by Gasteiger charge is -2.24. The average molecular weight is 584 g/mol. The third kappa shape index (κ3) is 6.07. The highest BCUT2D eigenvalue weighted by Crippen LogP contribution is 2.50. The molecule has 0 amide bonds. The SMILES string of the molecule is COC(=O)c1c(-c2cccc(OC(C)C)c2)c(-c2cccc(OC(C)C)c2)c2n1CCc1cc(OC(C)C)c(OC)cc1-2. The summed E-state index contributed by atoms with van der Waals surface area (Å²) in [7, 11) is 3.08. The largest absolute Gasteiger partial charge is 0.493 e. The summed E-state index contributed by atoms with van der Waals surface area (Å²) in [6, 6.07) is 20.0. The van der Waals surface area contributed by atoms with E-state index in [9.17, 15) is 4.79 Å². The Morgan fingerprint density at radius 3 is 1.84 bits per heavy atom. The monoisotopic (exact) mass is 583 g/mol. The molecule has 0 saturated heterocycles. The van der Waals surface area contributed by atoms with Crippen molar-refractivity contribution in [1.29, 1.82) is 0 Å². The number of nitrogens with zero attached hydrogens (tertiary/aromatic N) is 1. The van der Waals surface area contributed by atoms with Gasteiger partial charge in [-0.25, -0.2) is 4.79 Å². The van der Waals surface area contributed by atoms with Crippen LogP contribution >= 0.6 is 0 Å². The van der Waals surface area contributed by atoms with E-state index in [0.717, 1.165) is 50.6 Å². The Morgan fingerprint density at radius 1 is 0.721 bits per heavy atom. The molecule has 0 N–H and O–H groups in total. The molecule has 0 fully saturated rings. The van der Waals surface area contributed by atoms with E-state index in [4.69, 9.17) is 23.7 Å². The zero-order chi connectivity index (χ0) is 30.8. The van der Waals surface area contributed by atoms with Gasteiger partial charge in [0, 0.05) is 23.2 Å². The van der Waals surface area contributed by atoms with Crippen molar-refractivity contribution in [3.05, 3.63) is 71.9 Å². The maximum Gasteiger partial charge on any atom is 0.355 e. The second-order valence-corrected chi connectivity index (χ2v) is 11.6. The number of fused-ring (bicyclic) bond motifs is 3. The van der Waals surface area contributed by atoms with Crippen LogP contribution in [0.4, 0.5) is 0 Å².